The SMILES string of the molecule is C1CC2CCC1C21CO1. The normalized spacial score (nSPS) is 61.3. The molecule has 0 unspecified atom stereocenters. The summed E-state index contributed by atoms with van der Waals surface area (Å²) in [6, 6.07) is 0. The maximum Gasteiger partial charge on any atom is 0.0972 e. The Labute approximate surface area is 55.4 Å². The fourth-order valence-corrected chi connectivity index (χ4v) is 2.96. The van der Waals surface area contributed by atoms with Crippen LogP contribution in [-0.4, -0.2) is 12.2 Å². The average Bonchev–Trinajstić information content (AvgIpc) is 2.53. The molecular weight excluding hydrogens is 112 g/mol. The Morgan fingerprint density at radius 3 is 1.67 bits per heavy atom. The first kappa shape index (κ1) is 4.73. The van der Waals surface area contributed by atoms with E-state index in [0.717, 1.165) is 18.4 Å². The van der Waals surface area contributed by atoms with E-state index in [2.05, 4.69) is 0 Å². The number of hydrogen-bond donors (Lipinski definition) is 0. The summed E-state index contributed by atoms with van der Waals surface area (Å²) in [4.78, 5) is 0. The fourth-order valence-electron chi connectivity index (χ4n) is 2.96. The van der Waals surface area contributed by atoms with Crippen molar-refractivity contribution in [1.29, 1.82) is 0 Å². The van der Waals surface area contributed by atoms with Gasteiger partial charge in [-0.05, 0) is 37.5 Å². The second kappa shape index (κ2) is 1.20. The van der Waals surface area contributed by atoms with Gasteiger partial charge in [-0.25, -0.2) is 0 Å². The first-order valence-electron chi connectivity index (χ1n) is 4.06. The van der Waals surface area contributed by atoms with Crippen molar-refractivity contribution in [2.75, 3.05) is 6.61 Å². The molecule has 0 N–H and O–H groups in total. The topological polar surface area (TPSA) is 12.5 Å². The van der Waals surface area contributed by atoms with Gasteiger partial charge in [0.05, 0.1) is 12.2 Å². The Morgan fingerprint density at radius 2 is 1.44 bits per heavy atom. The zero-order chi connectivity index (χ0) is 5.90. The molecular formula is C8H12O. The Morgan fingerprint density at radius 1 is 1.00 bits per heavy atom. The summed E-state index contributed by atoms with van der Waals surface area (Å²) in [6.07, 6.45) is 5.85. The van der Waals surface area contributed by atoms with Crippen LogP contribution in [0.2, 0.25) is 0 Å². The minimum Gasteiger partial charge on any atom is -0.369 e. The molecule has 3 rings (SSSR count). The van der Waals surface area contributed by atoms with E-state index in [9.17, 15) is 0 Å². The van der Waals surface area contributed by atoms with E-state index in [1.165, 1.54) is 25.7 Å². The van der Waals surface area contributed by atoms with Crippen LogP contribution in [0.5, 0.6) is 0 Å². The molecule has 1 heterocycles. The van der Waals surface area contributed by atoms with Crippen LogP contribution in [0.4, 0.5) is 0 Å². The van der Waals surface area contributed by atoms with Crippen molar-refractivity contribution < 1.29 is 4.74 Å². The quantitative estimate of drug-likeness (QED) is 0.446. The Kier molecular flexibility index (Phi) is 0.628. The summed E-state index contributed by atoms with van der Waals surface area (Å²) < 4.78 is 5.54. The third kappa shape index (κ3) is 0.389. The summed E-state index contributed by atoms with van der Waals surface area (Å²) in [5.74, 6) is 1.95. The van der Waals surface area contributed by atoms with Gasteiger partial charge in [-0.2, -0.15) is 0 Å². The van der Waals surface area contributed by atoms with Gasteiger partial charge in [0.1, 0.15) is 0 Å². The zero-order valence-corrected chi connectivity index (χ0v) is 5.60. The first-order chi connectivity index (χ1) is 4.42. The minimum atomic E-state index is 0.472. The second-order valence-electron chi connectivity index (χ2n) is 3.79. The fraction of sp³-hybridized carbons (Fsp3) is 1.00. The summed E-state index contributed by atoms with van der Waals surface area (Å²) in [7, 11) is 0. The molecule has 50 valence electrons. The van der Waals surface area contributed by atoms with E-state index in [1.807, 2.05) is 0 Å². The molecule has 0 aromatic carbocycles. The minimum absolute atomic E-state index is 0.472. The van der Waals surface area contributed by atoms with Crippen LogP contribution in [0.15, 0.2) is 0 Å². The maximum absolute atomic E-state index is 5.54. The van der Waals surface area contributed by atoms with Crippen molar-refractivity contribution in [2.45, 2.75) is 31.3 Å². The van der Waals surface area contributed by atoms with Crippen LogP contribution in [0, 0.1) is 11.8 Å². The van der Waals surface area contributed by atoms with Gasteiger partial charge in [0.15, 0.2) is 0 Å². The summed E-state index contributed by atoms with van der Waals surface area (Å²) in [6.45, 7) is 1.10. The molecule has 2 saturated carbocycles. The van der Waals surface area contributed by atoms with E-state index in [1.54, 1.807) is 0 Å². The van der Waals surface area contributed by atoms with Gasteiger partial charge >= 0.3 is 0 Å². The third-order valence-corrected chi connectivity index (χ3v) is 3.59. The standard InChI is InChI=1S/C8H12O/c1-2-7-4-3-6(1)8(7)5-9-8/h6-7H,1-5H2. The molecule has 1 saturated heterocycles. The van der Waals surface area contributed by atoms with E-state index in [4.69, 9.17) is 4.74 Å². The van der Waals surface area contributed by atoms with Crippen LogP contribution >= 0.6 is 0 Å². The van der Waals surface area contributed by atoms with Crippen molar-refractivity contribution in [3.05, 3.63) is 0 Å². The predicted octanol–water partition coefficient (Wildman–Crippen LogP) is 1.58. The molecule has 1 nitrogen and oxygen atoms in total. The van der Waals surface area contributed by atoms with Gasteiger partial charge in [-0.3, -0.25) is 0 Å². The first-order valence-corrected chi connectivity index (χ1v) is 4.06. The Hall–Kier alpha value is -0.0400. The molecule has 0 radical (unpaired) electrons. The lowest BCUT2D eigenvalue weighted by molar-refractivity contribution is 0.245. The average molecular weight is 124 g/mol. The van der Waals surface area contributed by atoms with Crippen LogP contribution in [0.3, 0.4) is 0 Å². The maximum atomic E-state index is 5.54. The van der Waals surface area contributed by atoms with Crippen LogP contribution in [-0.2, 0) is 4.74 Å². The summed E-state index contributed by atoms with van der Waals surface area (Å²) >= 11 is 0. The van der Waals surface area contributed by atoms with Gasteiger partial charge in [-0.15, -0.1) is 0 Å². The zero-order valence-electron chi connectivity index (χ0n) is 5.60. The van der Waals surface area contributed by atoms with E-state index < -0.39 is 0 Å². The molecule has 1 aliphatic heterocycles. The highest BCUT2D eigenvalue weighted by atomic mass is 16.6. The molecule has 0 aromatic heterocycles. The Balaban J connectivity index is 2.03. The highest BCUT2D eigenvalue weighted by molar-refractivity contribution is 5.12. The van der Waals surface area contributed by atoms with Crippen LogP contribution < -0.4 is 0 Å². The molecule has 3 fully saturated rings. The lowest BCUT2D eigenvalue weighted by Crippen LogP contribution is -2.16. The van der Waals surface area contributed by atoms with Gasteiger partial charge in [0.2, 0.25) is 0 Å². The summed E-state index contributed by atoms with van der Waals surface area (Å²) in [5, 5.41) is 0. The molecule has 9 heavy (non-hydrogen) atoms. The van der Waals surface area contributed by atoms with E-state index >= 15 is 0 Å². The summed E-state index contributed by atoms with van der Waals surface area (Å²) in [5.41, 5.74) is 0.472. The van der Waals surface area contributed by atoms with Gasteiger partial charge < -0.3 is 4.74 Å². The number of epoxide rings is 1. The molecule has 3 aliphatic rings. The van der Waals surface area contributed by atoms with Crippen molar-refractivity contribution >= 4 is 0 Å². The molecule has 1 spiro atoms. The second-order valence-corrected chi connectivity index (χ2v) is 3.79. The van der Waals surface area contributed by atoms with Crippen LogP contribution in [0.1, 0.15) is 25.7 Å². The van der Waals surface area contributed by atoms with Crippen molar-refractivity contribution in [3.8, 4) is 0 Å². The van der Waals surface area contributed by atoms with Crippen molar-refractivity contribution in [2.24, 2.45) is 11.8 Å². The number of ether oxygens (including phenoxy) is 1. The van der Waals surface area contributed by atoms with Gasteiger partial charge in [-0.1, -0.05) is 0 Å². The molecule has 0 aromatic rings. The molecule has 0 amide bonds. The van der Waals surface area contributed by atoms with E-state index in [-0.39, 0.29) is 0 Å². The van der Waals surface area contributed by atoms with Crippen LogP contribution in [0.25, 0.3) is 0 Å². The highest BCUT2D eigenvalue weighted by Gasteiger charge is 2.63. The van der Waals surface area contributed by atoms with Gasteiger partial charge in [0, 0.05) is 0 Å². The molecule has 2 bridgehead atoms. The van der Waals surface area contributed by atoms with Crippen molar-refractivity contribution in [1.82, 2.24) is 0 Å². The molecule has 1 heteroatoms. The lowest BCUT2D eigenvalue weighted by atomic mass is 9.99. The molecule has 0 atom stereocenters. The lowest BCUT2D eigenvalue weighted by Gasteiger charge is -2.05. The number of hydrogen-bond acceptors (Lipinski definition) is 1. The van der Waals surface area contributed by atoms with E-state index in [0.29, 0.717) is 5.60 Å². The van der Waals surface area contributed by atoms with Gasteiger partial charge in [0.25, 0.3) is 0 Å². The smallest absolute Gasteiger partial charge is 0.0972 e. The largest absolute Gasteiger partial charge is 0.369 e. The number of rotatable bonds is 0. The third-order valence-electron chi connectivity index (χ3n) is 3.59. The van der Waals surface area contributed by atoms with Crippen molar-refractivity contribution in [3.63, 3.8) is 0 Å². The monoisotopic (exact) mass is 124 g/mol. The predicted molar refractivity (Wildman–Crippen MR) is 34.1 cm³/mol. The highest BCUT2D eigenvalue weighted by Crippen LogP contribution is 2.60. The Bertz CT molecular complexity index is 127. The molecule has 2 aliphatic carbocycles.